The lowest BCUT2D eigenvalue weighted by molar-refractivity contribution is 0.438. The number of aromatic nitrogens is 3. The Morgan fingerprint density at radius 2 is 2.00 bits per heavy atom. The second kappa shape index (κ2) is 4.53. The van der Waals surface area contributed by atoms with Gasteiger partial charge in [-0.3, -0.25) is 0 Å². The molecule has 0 amide bonds. The van der Waals surface area contributed by atoms with Crippen LogP contribution in [0, 0.1) is 6.92 Å². The normalized spacial score (nSPS) is 10.8. The fourth-order valence-corrected chi connectivity index (χ4v) is 1.86. The summed E-state index contributed by atoms with van der Waals surface area (Å²) in [7, 11) is 0. The van der Waals surface area contributed by atoms with E-state index in [0.717, 1.165) is 41.1 Å². The largest absolute Gasteiger partial charge is 0.367 e. The average Bonchev–Trinajstić information content (AvgIpc) is 2.70. The Morgan fingerprint density at radius 3 is 2.65 bits per heavy atom. The van der Waals surface area contributed by atoms with Gasteiger partial charge in [-0.25, -0.2) is 0 Å². The topological polar surface area (TPSA) is 77.8 Å². The SMILES string of the molecule is CCc1nnc(C)cc1-c1noc(N)c1CC. The van der Waals surface area contributed by atoms with Gasteiger partial charge in [0, 0.05) is 11.1 Å². The number of anilines is 1. The molecule has 5 nitrogen and oxygen atoms in total. The number of nitrogens with two attached hydrogens (primary N) is 1. The molecule has 5 heteroatoms. The minimum atomic E-state index is 0.388. The monoisotopic (exact) mass is 232 g/mol. The fraction of sp³-hybridized carbons (Fsp3) is 0.417. The van der Waals surface area contributed by atoms with Crippen LogP contribution in [0.2, 0.25) is 0 Å². The molecule has 0 spiro atoms. The van der Waals surface area contributed by atoms with Gasteiger partial charge in [0.1, 0.15) is 5.69 Å². The number of hydrogen-bond donors (Lipinski definition) is 1. The van der Waals surface area contributed by atoms with E-state index in [9.17, 15) is 0 Å². The van der Waals surface area contributed by atoms with E-state index in [1.165, 1.54) is 0 Å². The molecule has 0 aliphatic heterocycles. The van der Waals surface area contributed by atoms with E-state index in [1.54, 1.807) is 0 Å². The van der Waals surface area contributed by atoms with E-state index in [2.05, 4.69) is 15.4 Å². The number of nitrogen functional groups attached to an aromatic ring is 1. The number of aryl methyl sites for hydroxylation is 2. The molecule has 0 saturated carbocycles. The zero-order valence-electron chi connectivity index (χ0n) is 10.3. The standard InChI is InChI=1S/C12H16N4O/c1-4-8-11(16-17-12(8)13)9-6-7(3)14-15-10(9)5-2/h6H,4-5,13H2,1-3H3. The van der Waals surface area contributed by atoms with E-state index in [4.69, 9.17) is 10.3 Å². The Labute approximate surface area is 100 Å². The molecule has 2 aromatic rings. The molecule has 0 fully saturated rings. The Morgan fingerprint density at radius 1 is 1.24 bits per heavy atom. The summed E-state index contributed by atoms with van der Waals surface area (Å²) in [5.74, 6) is 0.388. The molecule has 0 bridgehead atoms. The summed E-state index contributed by atoms with van der Waals surface area (Å²) in [6.07, 6.45) is 1.59. The van der Waals surface area contributed by atoms with E-state index in [-0.39, 0.29) is 0 Å². The third-order valence-corrected chi connectivity index (χ3v) is 2.75. The van der Waals surface area contributed by atoms with Gasteiger partial charge in [0.2, 0.25) is 5.88 Å². The third kappa shape index (κ3) is 2.00. The van der Waals surface area contributed by atoms with Crippen LogP contribution in [-0.2, 0) is 12.8 Å². The van der Waals surface area contributed by atoms with Gasteiger partial charge in [-0.2, -0.15) is 10.2 Å². The molecule has 2 aromatic heterocycles. The van der Waals surface area contributed by atoms with Crippen LogP contribution in [-0.4, -0.2) is 15.4 Å². The predicted molar refractivity (Wildman–Crippen MR) is 65.4 cm³/mol. The quantitative estimate of drug-likeness (QED) is 0.877. The van der Waals surface area contributed by atoms with Crippen molar-refractivity contribution >= 4 is 5.88 Å². The molecular formula is C12H16N4O. The van der Waals surface area contributed by atoms with Crippen molar-refractivity contribution in [2.45, 2.75) is 33.6 Å². The first kappa shape index (κ1) is 11.6. The van der Waals surface area contributed by atoms with Gasteiger partial charge in [0.25, 0.3) is 0 Å². The summed E-state index contributed by atoms with van der Waals surface area (Å²) < 4.78 is 5.06. The zero-order valence-corrected chi connectivity index (χ0v) is 10.3. The van der Waals surface area contributed by atoms with Crippen molar-refractivity contribution in [1.29, 1.82) is 0 Å². The molecule has 0 aliphatic rings. The molecule has 0 saturated heterocycles. The first-order chi connectivity index (χ1) is 8.17. The molecule has 0 unspecified atom stereocenters. The van der Waals surface area contributed by atoms with E-state index in [0.29, 0.717) is 5.88 Å². The van der Waals surface area contributed by atoms with Crippen molar-refractivity contribution in [1.82, 2.24) is 15.4 Å². The van der Waals surface area contributed by atoms with Crippen molar-refractivity contribution < 1.29 is 4.52 Å². The van der Waals surface area contributed by atoms with Crippen LogP contribution in [0.5, 0.6) is 0 Å². The number of nitrogens with zero attached hydrogens (tertiary/aromatic N) is 3. The van der Waals surface area contributed by atoms with Crippen LogP contribution >= 0.6 is 0 Å². The van der Waals surface area contributed by atoms with Crippen LogP contribution in [0.1, 0.15) is 30.8 Å². The first-order valence-corrected chi connectivity index (χ1v) is 5.74. The van der Waals surface area contributed by atoms with Crippen molar-refractivity contribution in [3.05, 3.63) is 23.0 Å². The number of rotatable bonds is 3. The van der Waals surface area contributed by atoms with Gasteiger partial charge < -0.3 is 10.3 Å². The first-order valence-electron chi connectivity index (χ1n) is 5.74. The molecular weight excluding hydrogens is 216 g/mol. The minimum absolute atomic E-state index is 0.388. The summed E-state index contributed by atoms with van der Waals surface area (Å²) in [6, 6.07) is 1.97. The van der Waals surface area contributed by atoms with E-state index in [1.807, 2.05) is 26.8 Å². The van der Waals surface area contributed by atoms with Crippen LogP contribution < -0.4 is 5.73 Å². The van der Waals surface area contributed by atoms with Crippen LogP contribution in [0.4, 0.5) is 5.88 Å². The van der Waals surface area contributed by atoms with E-state index < -0.39 is 0 Å². The minimum Gasteiger partial charge on any atom is -0.367 e. The predicted octanol–water partition coefficient (Wildman–Crippen LogP) is 2.15. The lowest BCUT2D eigenvalue weighted by Gasteiger charge is -2.05. The van der Waals surface area contributed by atoms with Crippen molar-refractivity contribution in [3.63, 3.8) is 0 Å². The second-order valence-corrected chi connectivity index (χ2v) is 3.93. The lowest BCUT2D eigenvalue weighted by Crippen LogP contribution is -1.99. The fourth-order valence-electron chi connectivity index (χ4n) is 1.86. The summed E-state index contributed by atoms with van der Waals surface area (Å²) >= 11 is 0. The average molecular weight is 232 g/mol. The van der Waals surface area contributed by atoms with Gasteiger partial charge in [0.05, 0.1) is 11.4 Å². The molecule has 0 aromatic carbocycles. The molecule has 90 valence electrons. The molecule has 0 aliphatic carbocycles. The Bertz CT molecular complexity index is 533. The maximum absolute atomic E-state index is 5.75. The van der Waals surface area contributed by atoms with Crippen molar-refractivity contribution in [2.75, 3.05) is 5.73 Å². The highest BCUT2D eigenvalue weighted by molar-refractivity contribution is 5.69. The highest BCUT2D eigenvalue weighted by Gasteiger charge is 2.17. The summed E-state index contributed by atoms with van der Waals surface area (Å²) in [5, 5.41) is 12.3. The van der Waals surface area contributed by atoms with Gasteiger partial charge in [-0.15, -0.1) is 0 Å². The third-order valence-electron chi connectivity index (χ3n) is 2.75. The van der Waals surface area contributed by atoms with Gasteiger partial charge in [0.15, 0.2) is 0 Å². The molecule has 0 radical (unpaired) electrons. The van der Waals surface area contributed by atoms with Crippen molar-refractivity contribution in [3.8, 4) is 11.3 Å². The maximum atomic E-state index is 5.75. The van der Waals surface area contributed by atoms with Crippen molar-refractivity contribution in [2.24, 2.45) is 0 Å². The van der Waals surface area contributed by atoms with Gasteiger partial charge >= 0.3 is 0 Å². The smallest absolute Gasteiger partial charge is 0.225 e. The van der Waals surface area contributed by atoms with E-state index >= 15 is 0 Å². The zero-order chi connectivity index (χ0) is 12.4. The summed E-state index contributed by atoms with van der Waals surface area (Å²) in [4.78, 5) is 0. The van der Waals surface area contributed by atoms with Gasteiger partial charge in [-0.1, -0.05) is 19.0 Å². The second-order valence-electron chi connectivity index (χ2n) is 3.93. The van der Waals surface area contributed by atoms with Gasteiger partial charge in [-0.05, 0) is 25.8 Å². The summed E-state index contributed by atoms with van der Waals surface area (Å²) in [5.41, 5.74) is 10.2. The Balaban J connectivity index is 2.62. The van der Waals surface area contributed by atoms with Crippen LogP contribution in [0.3, 0.4) is 0 Å². The van der Waals surface area contributed by atoms with Crippen LogP contribution in [0.25, 0.3) is 11.3 Å². The maximum Gasteiger partial charge on any atom is 0.225 e. The lowest BCUT2D eigenvalue weighted by atomic mass is 10.0. The highest BCUT2D eigenvalue weighted by Crippen LogP contribution is 2.29. The Hall–Kier alpha value is -1.91. The Kier molecular flexibility index (Phi) is 3.08. The number of hydrogen-bond acceptors (Lipinski definition) is 5. The highest BCUT2D eigenvalue weighted by atomic mass is 16.5. The van der Waals surface area contributed by atoms with Crippen LogP contribution in [0.15, 0.2) is 10.6 Å². The molecule has 2 rings (SSSR count). The molecule has 2 heterocycles. The summed E-state index contributed by atoms with van der Waals surface area (Å²) in [6.45, 7) is 5.97. The molecule has 17 heavy (non-hydrogen) atoms. The molecule has 2 N–H and O–H groups in total. The molecule has 0 atom stereocenters.